The Kier molecular flexibility index (Phi) is 3.90. The van der Waals surface area contributed by atoms with Crippen molar-refractivity contribution in [3.05, 3.63) is 65.2 Å². The summed E-state index contributed by atoms with van der Waals surface area (Å²) in [7, 11) is 1.65. The Morgan fingerprint density at radius 1 is 1.37 bits per heavy atom. The van der Waals surface area contributed by atoms with Crippen LogP contribution in [-0.2, 0) is 6.54 Å². The lowest BCUT2D eigenvalue weighted by Gasteiger charge is -2.17. The van der Waals surface area contributed by atoms with E-state index in [2.05, 4.69) is 4.98 Å². The lowest BCUT2D eigenvalue weighted by molar-refractivity contribution is 0.0780. The molecule has 0 N–H and O–H groups in total. The van der Waals surface area contributed by atoms with Crippen molar-refractivity contribution >= 4 is 5.91 Å². The number of nitrogens with zero attached hydrogens (tertiary/aromatic N) is 2. The molecule has 0 saturated carbocycles. The molecule has 0 radical (unpaired) electrons. The topological polar surface area (TPSA) is 33.2 Å². The molecule has 0 aliphatic carbocycles. The van der Waals surface area contributed by atoms with Gasteiger partial charge in [-0.15, -0.1) is 0 Å². The number of carbonyl (C=O) groups excluding carboxylic acids is 1. The number of hydrogen-bond donors (Lipinski definition) is 0. The zero-order valence-corrected chi connectivity index (χ0v) is 10.9. The second kappa shape index (κ2) is 5.61. The molecule has 0 unspecified atom stereocenters. The fraction of sp³-hybridized carbons (Fsp3) is 0.200. The van der Waals surface area contributed by atoms with E-state index in [9.17, 15) is 9.18 Å². The van der Waals surface area contributed by atoms with Gasteiger partial charge in [-0.3, -0.25) is 9.78 Å². The molecule has 1 heterocycles. The lowest BCUT2D eigenvalue weighted by Crippen LogP contribution is -2.27. The minimum Gasteiger partial charge on any atom is -0.337 e. The SMILES string of the molecule is Cc1ccc(C(=O)N(C)Cc2cccnc2)c(F)c1. The van der Waals surface area contributed by atoms with E-state index in [1.165, 1.54) is 17.0 Å². The van der Waals surface area contributed by atoms with Crippen molar-refractivity contribution in [2.45, 2.75) is 13.5 Å². The standard InChI is InChI=1S/C15H15FN2O/c1-11-5-6-13(14(16)8-11)15(19)18(2)10-12-4-3-7-17-9-12/h3-9H,10H2,1-2H3. The lowest BCUT2D eigenvalue weighted by atomic mass is 10.1. The third-order valence-corrected chi connectivity index (χ3v) is 2.84. The maximum atomic E-state index is 13.7. The molecule has 0 aliphatic heterocycles. The van der Waals surface area contributed by atoms with Gasteiger partial charge in [0.05, 0.1) is 5.56 Å². The molecule has 0 spiro atoms. The highest BCUT2D eigenvalue weighted by molar-refractivity contribution is 5.94. The Bertz CT molecular complexity index is 584. The number of halogens is 1. The fourth-order valence-electron chi connectivity index (χ4n) is 1.84. The molecular weight excluding hydrogens is 243 g/mol. The molecule has 1 aromatic carbocycles. The zero-order valence-electron chi connectivity index (χ0n) is 10.9. The highest BCUT2D eigenvalue weighted by Gasteiger charge is 2.16. The van der Waals surface area contributed by atoms with Crippen LogP contribution in [0.2, 0.25) is 0 Å². The van der Waals surface area contributed by atoms with Gasteiger partial charge in [0, 0.05) is 26.0 Å². The minimum atomic E-state index is -0.483. The number of benzene rings is 1. The van der Waals surface area contributed by atoms with Crippen molar-refractivity contribution in [3.63, 3.8) is 0 Å². The zero-order chi connectivity index (χ0) is 13.8. The summed E-state index contributed by atoms with van der Waals surface area (Å²) < 4.78 is 13.7. The van der Waals surface area contributed by atoms with Crippen molar-refractivity contribution in [1.29, 1.82) is 0 Å². The summed E-state index contributed by atoms with van der Waals surface area (Å²) >= 11 is 0. The van der Waals surface area contributed by atoms with E-state index in [0.717, 1.165) is 11.1 Å². The van der Waals surface area contributed by atoms with Crippen molar-refractivity contribution in [3.8, 4) is 0 Å². The first-order valence-electron chi connectivity index (χ1n) is 5.98. The Labute approximate surface area is 111 Å². The fourth-order valence-corrected chi connectivity index (χ4v) is 1.84. The van der Waals surface area contributed by atoms with Crippen molar-refractivity contribution in [2.24, 2.45) is 0 Å². The summed E-state index contributed by atoms with van der Waals surface area (Å²) in [6.07, 6.45) is 3.36. The molecular formula is C15H15FN2O. The van der Waals surface area contributed by atoms with Crippen LogP contribution in [0.25, 0.3) is 0 Å². The largest absolute Gasteiger partial charge is 0.337 e. The van der Waals surface area contributed by atoms with Crippen LogP contribution in [0.15, 0.2) is 42.7 Å². The van der Waals surface area contributed by atoms with Gasteiger partial charge in [-0.25, -0.2) is 4.39 Å². The van der Waals surface area contributed by atoms with Gasteiger partial charge in [-0.1, -0.05) is 12.1 Å². The summed E-state index contributed by atoms with van der Waals surface area (Å²) in [6, 6.07) is 8.30. The molecule has 2 rings (SSSR count). The highest BCUT2D eigenvalue weighted by Crippen LogP contribution is 2.13. The van der Waals surface area contributed by atoms with Gasteiger partial charge in [0.1, 0.15) is 5.82 Å². The molecule has 0 fully saturated rings. The van der Waals surface area contributed by atoms with Crippen molar-refractivity contribution in [1.82, 2.24) is 9.88 Å². The van der Waals surface area contributed by atoms with Gasteiger partial charge in [0.2, 0.25) is 0 Å². The Hall–Kier alpha value is -2.23. The van der Waals surface area contributed by atoms with Gasteiger partial charge in [0.15, 0.2) is 0 Å². The molecule has 98 valence electrons. The third kappa shape index (κ3) is 3.16. The maximum Gasteiger partial charge on any atom is 0.256 e. The van der Waals surface area contributed by atoms with Gasteiger partial charge < -0.3 is 4.90 Å². The third-order valence-electron chi connectivity index (χ3n) is 2.84. The monoisotopic (exact) mass is 258 g/mol. The average molecular weight is 258 g/mol. The summed E-state index contributed by atoms with van der Waals surface area (Å²) in [4.78, 5) is 17.6. The summed E-state index contributed by atoms with van der Waals surface area (Å²) in [5.74, 6) is -0.815. The summed E-state index contributed by atoms with van der Waals surface area (Å²) in [6.45, 7) is 2.19. The smallest absolute Gasteiger partial charge is 0.256 e. The molecule has 0 bridgehead atoms. The molecule has 0 aliphatic rings. The minimum absolute atomic E-state index is 0.0944. The quantitative estimate of drug-likeness (QED) is 0.848. The van der Waals surface area contributed by atoms with Crippen LogP contribution in [0.1, 0.15) is 21.5 Å². The summed E-state index contributed by atoms with van der Waals surface area (Å²) in [5, 5.41) is 0. The van der Waals surface area contributed by atoms with Gasteiger partial charge in [0.25, 0.3) is 5.91 Å². The number of amides is 1. The number of rotatable bonds is 3. The molecule has 0 saturated heterocycles. The van der Waals surface area contributed by atoms with Gasteiger partial charge in [-0.2, -0.15) is 0 Å². The van der Waals surface area contributed by atoms with E-state index in [1.54, 1.807) is 38.5 Å². The van der Waals surface area contributed by atoms with E-state index >= 15 is 0 Å². The highest BCUT2D eigenvalue weighted by atomic mass is 19.1. The second-order valence-electron chi connectivity index (χ2n) is 4.51. The molecule has 1 amide bonds. The van der Waals surface area contributed by atoms with Crippen LogP contribution in [0.3, 0.4) is 0 Å². The number of aromatic nitrogens is 1. The Balaban J connectivity index is 2.15. The number of carbonyl (C=O) groups is 1. The first-order valence-corrected chi connectivity index (χ1v) is 5.98. The van der Waals surface area contributed by atoms with Crippen molar-refractivity contribution < 1.29 is 9.18 Å². The van der Waals surface area contributed by atoms with Crippen molar-refractivity contribution in [2.75, 3.05) is 7.05 Å². The normalized spacial score (nSPS) is 10.3. The predicted octanol–water partition coefficient (Wildman–Crippen LogP) is 2.80. The molecule has 19 heavy (non-hydrogen) atoms. The number of hydrogen-bond acceptors (Lipinski definition) is 2. The van der Waals surface area contributed by atoms with Crippen LogP contribution >= 0.6 is 0 Å². The summed E-state index contributed by atoms with van der Waals surface area (Å²) in [5.41, 5.74) is 1.80. The Morgan fingerprint density at radius 3 is 2.79 bits per heavy atom. The molecule has 3 nitrogen and oxygen atoms in total. The van der Waals surface area contributed by atoms with Gasteiger partial charge in [-0.05, 0) is 36.2 Å². The van der Waals surface area contributed by atoms with E-state index in [-0.39, 0.29) is 11.5 Å². The average Bonchev–Trinajstić information content (AvgIpc) is 2.39. The van der Waals surface area contributed by atoms with E-state index < -0.39 is 5.82 Å². The van der Waals surface area contributed by atoms with Crippen LogP contribution in [-0.4, -0.2) is 22.8 Å². The maximum absolute atomic E-state index is 13.7. The molecule has 1 aromatic heterocycles. The molecule has 4 heteroatoms. The molecule has 0 atom stereocenters. The predicted molar refractivity (Wildman–Crippen MR) is 71.2 cm³/mol. The van der Waals surface area contributed by atoms with E-state index in [0.29, 0.717) is 6.54 Å². The Morgan fingerprint density at radius 2 is 2.16 bits per heavy atom. The van der Waals surface area contributed by atoms with Crippen LogP contribution in [0.4, 0.5) is 4.39 Å². The first kappa shape index (κ1) is 13.2. The van der Waals surface area contributed by atoms with Crippen LogP contribution < -0.4 is 0 Å². The van der Waals surface area contributed by atoms with E-state index in [4.69, 9.17) is 0 Å². The van der Waals surface area contributed by atoms with Gasteiger partial charge >= 0.3 is 0 Å². The van der Waals surface area contributed by atoms with Crippen LogP contribution in [0, 0.1) is 12.7 Å². The van der Waals surface area contributed by atoms with E-state index in [1.807, 2.05) is 6.07 Å². The first-order chi connectivity index (χ1) is 9.08. The number of pyridine rings is 1. The molecule has 2 aromatic rings. The van der Waals surface area contributed by atoms with Crippen LogP contribution in [0.5, 0.6) is 0 Å². The second-order valence-corrected chi connectivity index (χ2v) is 4.51. The number of aryl methyl sites for hydroxylation is 1.